The highest BCUT2D eigenvalue weighted by atomic mass is 16.5. The van der Waals surface area contributed by atoms with E-state index < -0.39 is 5.41 Å². The van der Waals surface area contributed by atoms with Crippen LogP contribution < -0.4 is 10.5 Å². The van der Waals surface area contributed by atoms with Crippen molar-refractivity contribution in [3.8, 4) is 5.75 Å². The summed E-state index contributed by atoms with van der Waals surface area (Å²) in [6.07, 6.45) is 1.68. The van der Waals surface area contributed by atoms with Crippen molar-refractivity contribution in [2.75, 3.05) is 20.2 Å². The normalized spacial score (nSPS) is 22.0. The van der Waals surface area contributed by atoms with E-state index >= 15 is 0 Å². The molecule has 1 aromatic rings. The van der Waals surface area contributed by atoms with Crippen molar-refractivity contribution in [3.05, 3.63) is 29.8 Å². The smallest absolute Gasteiger partial charge is 0.228 e. The molecule has 2 rings (SSSR count). The van der Waals surface area contributed by atoms with Crippen LogP contribution in [0.3, 0.4) is 0 Å². The summed E-state index contributed by atoms with van der Waals surface area (Å²) in [5.74, 6) is 1.49. The number of nitrogens with two attached hydrogens (primary N) is 1. The molecule has 4 heteroatoms. The second-order valence-electron chi connectivity index (χ2n) is 7.02. The molecular weight excluding hydrogens is 276 g/mol. The van der Waals surface area contributed by atoms with Crippen LogP contribution in [0.2, 0.25) is 0 Å². The Bertz CT molecular complexity index is 528. The zero-order valence-corrected chi connectivity index (χ0v) is 14.1. The summed E-state index contributed by atoms with van der Waals surface area (Å²) in [7, 11) is 1.67. The first-order valence-electron chi connectivity index (χ1n) is 8.02. The highest BCUT2D eigenvalue weighted by Crippen LogP contribution is 2.33. The molecule has 2 atom stereocenters. The number of carbonyl (C=O) groups is 1. The molecule has 2 N–H and O–H groups in total. The summed E-state index contributed by atoms with van der Waals surface area (Å²) in [5.41, 5.74) is 6.40. The van der Waals surface area contributed by atoms with Gasteiger partial charge in [-0.05, 0) is 43.9 Å². The van der Waals surface area contributed by atoms with Gasteiger partial charge in [0.25, 0.3) is 0 Å². The number of amides is 1. The molecule has 1 aromatic carbocycles. The van der Waals surface area contributed by atoms with Crippen LogP contribution in [0.1, 0.15) is 32.8 Å². The fraction of sp³-hybridized carbons (Fsp3) is 0.611. The van der Waals surface area contributed by atoms with Gasteiger partial charge in [0.15, 0.2) is 0 Å². The van der Waals surface area contributed by atoms with Crippen LogP contribution in [-0.2, 0) is 11.2 Å². The lowest BCUT2D eigenvalue weighted by molar-refractivity contribution is -0.141. The van der Waals surface area contributed by atoms with Crippen LogP contribution in [0.5, 0.6) is 5.75 Å². The van der Waals surface area contributed by atoms with Crippen LogP contribution in [0.15, 0.2) is 24.3 Å². The maximum Gasteiger partial charge on any atom is 0.228 e. The number of hydrogen-bond donors (Lipinski definition) is 1. The average molecular weight is 304 g/mol. The molecule has 122 valence electrons. The zero-order chi connectivity index (χ0) is 16.3. The molecule has 1 aliphatic heterocycles. The highest BCUT2D eigenvalue weighted by molar-refractivity contribution is 5.83. The van der Waals surface area contributed by atoms with E-state index in [1.165, 1.54) is 0 Å². The fourth-order valence-electron chi connectivity index (χ4n) is 3.39. The standard InChI is InChI=1S/C18H28N2O2/c1-13-9-14(11-19)12-20(13)17(21)18(2,3)10-15-7-5-6-8-16(15)22-4/h5-8,13-14H,9-12,19H2,1-4H3. The van der Waals surface area contributed by atoms with Crippen LogP contribution in [0.4, 0.5) is 0 Å². The second kappa shape index (κ2) is 6.69. The first-order chi connectivity index (χ1) is 10.4. The predicted molar refractivity (Wildman–Crippen MR) is 88.8 cm³/mol. The van der Waals surface area contributed by atoms with E-state index in [-0.39, 0.29) is 11.9 Å². The van der Waals surface area contributed by atoms with Gasteiger partial charge >= 0.3 is 0 Å². The van der Waals surface area contributed by atoms with E-state index in [4.69, 9.17) is 10.5 Å². The number of methoxy groups -OCH3 is 1. The molecule has 1 heterocycles. The van der Waals surface area contributed by atoms with Crippen molar-refractivity contribution in [1.29, 1.82) is 0 Å². The molecule has 0 spiro atoms. The van der Waals surface area contributed by atoms with E-state index in [1.54, 1.807) is 7.11 Å². The minimum absolute atomic E-state index is 0.210. The summed E-state index contributed by atoms with van der Waals surface area (Å²) in [6.45, 7) is 7.59. The molecule has 0 aromatic heterocycles. The van der Waals surface area contributed by atoms with Crippen molar-refractivity contribution in [3.63, 3.8) is 0 Å². The van der Waals surface area contributed by atoms with Gasteiger partial charge in [-0.15, -0.1) is 0 Å². The molecule has 1 aliphatic rings. The van der Waals surface area contributed by atoms with Crippen LogP contribution in [-0.4, -0.2) is 37.0 Å². The molecule has 0 saturated carbocycles. The first kappa shape index (κ1) is 16.8. The Morgan fingerprint density at radius 2 is 2.09 bits per heavy atom. The van der Waals surface area contributed by atoms with E-state index in [9.17, 15) is 4.79 Å². The van der Waals surface area contributed by atoms with E-state index in [2.05, 4.69) is 6.92 Å². The Morgan fingerprint density at radius 3 is 2.68 bits per heavy atom. The minimum atomic E-state index is -0.452. The molecule has 1 saturated heterocycles. The monoisotopic (exact) mass is 304 g/mol. The minimum Gasteiger partial charge on any atom is -0.496 e. The lowest BCUT2D eigenvalue weighted by Gasteiger charge is -2.32. The Morgan fingerprint density at radius 1 is 1.41 bits per heavy atom. The molecule has 0 bridgehead atoms. The van der Waals surface area contributed by atoms with Gasteiger partial charge in [0.05, 0.1) is 7.11 Å². The third kappa shape index (κ3) is 3.43. The van der Waals surface area contributed by atoms with Crippen molar-refractivity contribution in [1.82, 2.24) is 4.90 Å². The number of ether oxygens (including phenoxy) is 1. The summed E-state index contributed by atoms with van der Waals surface area (Å²) in [4.78, 5) is 15.0. The van der Waals surface area contributed by atoms with Crippen molar-refractivity contribution < 1.29 is 9.53 Å². The maximum atomic E-state index is 13.0. The quantitative estimate of drug-likeness (QED) is 0.909. The number of para-hydroxylation sites is 1. The van der Waals surface area contributed by atoms with Gasteiger partial charge in [0, 0.05) is 18.0 Å². The Labute approximate surface area is 133 Å². The molecule has 1 fully saturated rings. The number of carbonyl (C=O) groups excluding carboxylic acids is 1. The van der Waals surface area contributed by atoms with Gasteiger partial charge in [-0.3, -0.25) is 4.79 Å². The first-order valence-corrected chi connectivity index (χ1v) is 8.02. The number of rotatable bonds is 5. The number of nitrogens with zero attached hydrogens (tertiary/aromatic N) is 1. The van der Waals surface area contributed by atoms with Gasteiger partial charge in [-0.25, -0.2) is 0 Å². The van der Waals surface area contributed by atoms with Crippen molar-refractivity contribution >= 4 is 5.91 Å². The third-order valence-corrected chi connectivity index (χ3v) is 4.66. The average Bonchev–Trinajstić information content (AvgIpc) is 2.87. The molecule has 0 radical (unpaired) electrons. The summed E-state index contributed by atoms with van der Waals surface area (Å²) >= 11 is 0. The van der Waals surface area contributed by atoms with Crippen LogP contribution in [0, 0.1) is 11.3 Å². The largest absolute Gasteiger partial charge is 0.496 e. The summed E-state index contributed by atoms with van der Waals surface area (Å²) in [6, 6.07) is 8.19. The zero-order valence-electron chi connectivity index (χ0n) is 14.1. The molecular formula is C18H28N2O2. The molecule has 22 heavy (non-hydrogen) atoms. The molecule has 0 aliphatic carbocycles. The summed E-state index contributed by atoms with van der Waals surface area (Å²) < 4.78 is 5.41. The predicted octanol–water partition coefficient (Wildman–Crippen LogP) is 2.46. The van der Waals surface area contributed by atoms with Gasteiger partial charge in [0.1, 0.15) is 5.75 Å². The van der Waals surface area contributed by atoms with E-state index in [1.807, 2.05) is 43.0 Å². The Kier molecular flexibility index (Phi) is 5.12. The van der Waals surface area contributed by atoms with Gasteiger partial charge in [-0.2, -0.15) is 0 Å². The van der Waals surface area contributed by atoms with Crippen molar-refractivity contribution in [2.45, 2.75) is 39.7 Å². The Balaban J connectivity index is 2.14. The fourth-order valence-corrected chi connectivity index (χ4v) is 3.39. The maximum absolute atomic E-state index is 13.0. The lowest BCUT2D eigenvalue weighted by Crippen LogP contribution is -2.44. The number of likely N-dealkylation sites (tertiary alicyclic amines) is 1. The molecule has 1 amide bonds. The number of benzene rings is 1. The van der Waals surface area contributed by atoms with E-state index in [0.717, 1.165) is 24.3 Å². The van der Waals surface area contributed by atoms with Gasteiger partial charge in [-0.1, -0.05) is 32.0 Å². The third-order valence-electron chi connectivity index (χ3n) is 4.66. The SMILES string of the molecule is COc1ccccc1CC(C)(C)C(=O)N1CC(CN)CC1C. The van der Waals surface area contributed by atoms with Gasteiger partial charge < -0.3 is 15.4 Å². The molecule has 2 unspecified atom stereocenters. The summed E-state index contributed by atoms with van der Waals surface area (Å²) in [5, 5.41) is 0. The molecule has 4 nitrogen and oxygen atoms in total. The highest BCUT2D eigenvalue weighted by Gasteiger charge is 2.39. The Hall–Kier alpha value is -1.55. The van der Waals surface area contributed by atoms with Gasteiger partial charge in [0.2, 0.25) is 5.91 Å². The van der Waals surface area contributed by atoms with Crippen LogP contribution >= 0.6 is 0 Å². The second-order valence-corrected chi connectivity index (χ2v) is 7.02. The van der Waals surface area contributed by atoms with Crippen LogP contribution in [0.25, 0.3) is 0 Å². The van der Waals surface area contributed by atoms with Crippen molar-refractivity contribution in [2.24, 2.45) is 17.1 Å². The van der Waals surface area contributed by atoms with E-state index in [0.29, 0.717) is 18.9 Å². The topological polar surface area (TPSA) is 55.6 Å². The number of hydrogen-bond acceptors (Lipinski definition) is 3. The lowest BCUT2D eigenvalue weighted by atomic mass is 9.83.